The van der Waals surface area contributed by atoms with Crippen LogP contribution in [0.5, 0.6) is 0 Å². The van der Waals surface area contributed by atoms with Gasteiger partial charge in [-0.1, -0.05) is 164 Å². The van der Waals surface area contributed by atoms with Crippen molar-refractivity contribution in [2.75, 3.05) is 4.90 Å². The van der Waals surface area contributed by atoms with Crippen LogP contribution in [-0.4, -0.2) is 4.57 Å². The third-order valence-electron chi connectivity index (χ3n) is 12.2. The topological polar surface area (TPSA) is 21.3 Å². The molecule has 0 aliphatic carbocycles. The van der Waals surface area contributed by atoms with E-state index in [2.05, 4.69) is 228 Å². The second kappa shape index (κ2) is 14.3. The number of hydrogen-bond acceptors (Lipinski definition) is 2. The smallest absolute Gasteiger partial charge is 0.143 e. The van der Waals surface area contributed by atoms with Crippen molar-refractivity contribution >= 4 is 71.6 Å². The molecule has 3 nitrogen and oxygen atoms in total. The quantitative estimate of drug-likeness (QED) is 0.161. The number of furan rings is 1. The first-order chi connectivity index (χ1) is 30.2. The zero-order valence-electron chi connectivity index (χ0n) is 33.2. The maximum atomic E-state index is 6.41. The highest BCUT2D eigenvalue weighted by Gasteiger charge is 2.17. The van der Waals surface area contributed by atoms with Gasteiger partial charge in [-0.25, -0.2) is 0 Å². The highest BCUT2D eigenvalue weighted by molar-refractivity contribution is 6.21. The van der Waals surface area contributed by atoms with E-state index in [1.807, 2.05) is 12.1 Å². The maximum absolute atomic E-state index is 6.41. The van der Waals surface area contributed by atoms with Gasteiger partial charge in [0.1, 0.15) is 11.2 Å². The standard InChI is InChI=1S/C58H38N2O/c1-2-11-39(12-3-1)40-21-30-45(31-22-40)59(47-36-27-44(28-37-47)50-17-10-18-52-51-15-7-9-20-56(51)61-58(50)52)46-32-23-41(24-33-46)42-25-34-48(35-26-42)60-54-19-8-6-16-53(54)57-49-14-5-4-13-43(49)29-38-55(57)60/h1-38H. The van der Waals surface area contributed by atoms with Crippen molar-refractivity contribution in [3.05, 3.63) is 231 Å². The summed E-state index contributed by atoms with van der Waals surface area (Å²) in [5.74, 6) is 0. The largest absolute Gasteiger partial charge is 0.455 e. The summed E-state index contributed by atoms with van der Waals surface area (Å²) in [6.07, 6.45) is 0. The third-order valence-corrected chi connectivity index (χ3v) is 12.2. The van der Waals surface area contributed by atoms with Gasteiger partial charge >= 0.3 is 0 Å². The minimum atomic E-state index is 0.906. The van der Waals surface area contributed by atoms with Crippen LogP contribution in [0.15, 0.2) is 235 Å². The fraction of sp³-hybridized carbons (Fsp3) is 0. The molecule has 0 unspecified atom stereocenters. The molecule has 0 saturated carbocycles. The van der Waals surface area contributed by atoms with E-state index in [-0.39, 0.29) is 0 Å². The fourth-order valence-electron chi connectivity index (χ4n) is 9.27. The van der Waals surface area contributed by atoms with Gasteiger partial charge in [0.05, 0.1) is 11.0 Å². The average Bonchev–Trinajstić information content (AvgIpc) is 3.89. The van der Waals surface area contributed by atoms with E-state index < -0.39 is 0 Å². The third kappa shape index (κ3) is 5.90. The van der Waals surface area contributed by atoms with E-state index in [0.717, 1.165) is 61.4 Å². The van der Waals surface area contributed by atoms with Gasteiger partial charge in [-0.15, -0.1) is 0 Å². The molecule has 2 heterocycles. The summed E-state index contributed by atoms with van der Waals surface area (Å²) in [4.78, 5) is 2.33. The van der Waals surface area contributed by atoms with Crippen molar-refractivity contribution in [2.24, 2.45) is 0 Å². The van der Waals surface area contributed by atoms with E-state index in [1.54, 1.807) is 0 Å². The van der Waals surface area contributed by atoms with Crippen LogP contribution in [0.25, 0.3) is 93.6 Å². The molecule has 0 aliphatic rings. The molecular formula is C58H38N2O. The molecule has 0 N–H and O–H groups in total. The van der Waals surface area contributed by atoms with Crippen LogP contribution in [0.3, 0.4) is 0 Å². The first kappa shape index (κ1) is 34.9. The van der Waals surface area contributed by atoms with Gasteiger partial charge in [0.25, 0.3) is 0 Å². The molecule has 0 fully saturated rings. The normalized spacial score (nSPS) is 11.6. The first-order valence-corrected chi connectivity index (χ1v) is 20.8. The molecule has 3 heteroatoms. The Balaban J connectivity index is 0.900. The van der Waals surface area contributed by atoms with E-state index >= 15 is 0 Å². The molecule has 2 aromatic heterocycles. The summed E-state index contributed by atoms with van der Waals surface area (Å²) in [6, 6.07) is 82.8. The molecule has 0 atom stereocenters. The Bertz CT molecular complexity index is 3540. The molecule has 0 radical (unpaired) electrons. The van der Waals surface area contributed by atoms with E-state index in [4.69, 9.17) is 4.42 Å². The second-order valence-electron chi connectivity index (χ2n) is 15.7. The lowest BCUT2D eigenvalue weighted by molar-refractivity contribution is 0.670. The number of benzene rings is 10. The lowest BCUT2D eigenvalue weighted by Gasteiger charge is -2.26. The zero-order valence-corrected chi connectivity index (χ0v) is 33.2. The molecule has 286 valence electrons. The van der Waals surface area contributed by atoms with Crippen molar-refractivity contribution in [2.45, 2.75) is 0 Å². The number of fused-ring (bicyclic) bond motifs is 8. The Kier molecular flexibility index (Phi) is 8.17. The van der Waals surface area contributed by atoms with Gasteiger partial charge in [-0.3, -0.25) is 0 Å². The van der Waals surface area contributed by atoms with Crippen LogP contribution in [0.2, 0.25) is 0 Å². The minimum absolute atomic E-state index is 0.906. The molecule has 61 heavy (non-hydrogen) atoms. The SMILES string of the molecule is c1ccc(-c2ccc(N(c3ccc(-c4ccc(-n5c6ccccc6c6c7ccccc7ccc65)cc4)cc3)c3ccc(-c4cccc5c4oc4ccccc45)cc3)cc2)cc1. The molecule has 0 spiro atoms. The number of para-hydroxylation sites is 3. The highest BCUT2D eigenvalue weighted by atomic mass is 16.3. The molecule has 0 amide bonds. The van der Waals surface area contributed by atoms with Crippen LogP contribution in [0.1, 0.15) is 0 Å². The average molecular weight is 779 g/mol. The summed E-state index contributed by atoms with van der Waals surface area (Å²) in [5, 5.41) is 7.37. The maximum Gasteiger partial charge on any atom is 0.143 e. The Labute approximate surface area is 353 Å². The van der Waals surface area contributed by atoms with Gasteiger partial charge < -0.3 is 13.9 Å². The van der Waals surface area contributed by atoms with Crippen LogP contribution in [-0.2, 0) is 0 Å². The van der Waals surface area contributed by atoms with Gasteiger partial charge in [0, 0.05) is 49.9 Å². The van der Waals surface area contributed by atoms with Gasteiger partial charge in [0.15, 0.2) is 0 Å². The van der Waals surface area contributed by atoms with Crippen LogP contribution in [0, 0.1) is 0 Å². The molecular weight excluding hydrogens is 741 g/mol. The van der Waals surface area contributed by atoms with Crippen molar-refractivity contribution in [1.29, 1.82) is 0 Å². The van der Waals surface area contributed by atoms with Crippen molar-refractivity contribution in [3.8, 4) is 39.1 Å². The Morgan fingerprint density at radius 1 is 0.328 bits per heavy atom. The summed E-state index contributed by atoms with van der Waals surface area (Å²) >= 11 is 0. The van der Waals surface area contributed by atoms with Crippen LogP contribution >= 0.6 is 0 Å². The summed E-state index contributed by atoms with van der Waals surface area (Å²) in [5.41, 5.74) is 15.6. The first-order valence-electron chi connectivity index (χ1n) is 20.8. The second-order valence-corrected chi connectivity index (χ2v) is 15.7. The zero-order chi connectivity index (χ0) is 40.3. The molecule has 10 aromatic carbocycles. The minimum Gasteiger partial charge on any atom is -0.455 e. The predicted molar refractivity (Wildman–Crippen MR) is 257 cm³/mol. The van der Waals surface area contributed by atoms with Crippen molar-refractivity contribution < 1.29 is 4.42 Å². The fourth-order valence-corrected chi connectivity index (χ4v) is 9.27. The Morgan fingerprint density at radius 2 is 0.852 bits per heavy atom. The Morgan fingerprint density at radius 3 is 1.54 bits per heavy atom. The number of anilines is 3. The summed E-state index contributed by atoms with van der Waals surface area (Å²) in [6.45, 7) is 0. The van der Waals surface area contributed by atoms with E-state index in [9.17, 15) is 0 Å². The number of rotatable bonds is 7. The highest BCUT2D eigenvalue weighted by Crippen LogP contribution is 2.41. The number of hydrogen-bond donors (Lipinski definition) is 0. The molecule has 12 rings (SSSR count). The van der Waals surface area contributed by atoms with Crippen molar-refractivity contribution in [3.63, 3.8) is 0 Å². The number of aromatic nitrogens is 1. The number of nitrogens with zero attached hydrogens (tertiary/aromatic N) is 2. The molecule has 0 aliphatic heterocycles. The van der Waals surface area contributed by atoms with Gasteiger partial charge in [-0.05, 0) is 105 Å². The predicted octanol–water partition coefficient (Wildman–Crippen LogP) is 16.3. The van der Waals surface area contributed by atoms with E-state index in [0.29, 0.717) is 0 Å². The van der Waals surface area contributed by atoms with Gasteiger partial charge in [-0.2, -0.15) is 0 Å². The monoisotopic (exact) mass is 778 g/mol. The molecule has 0 saturated heterocycles. The van der Waals surface area contributed by atoms with Crippen molar-refractivity contribution in [1.82, 2.24) is 4.57 Å². The lowest BCUT2D eigenvalue weighted by Crippen LogP contribution is -2.09. The van der Waals surface area contributed by atoms with E-state index in [1.165, 1.54) is 49.3 Å². The molecule has 12 aromatic rings. The Hall–Kier alpha value is -8.14. The van der Waals surface area contributed by atoms with Crippen LogP contribution < -0.4 is 4.90 Å². The lowest BCUT2D eigenvalue weighted by atomic mass is 10.0. The van der Waals surface area contributed by atoms with Crippen LogP contribution in [0.4, 0.5) is 17.1 Å². The summed E-state index contributed by atoms with van der Waals surface area (Å²) < 4.78 is 8.81. The molecule has 0 bridgehead atoms. The summed E-state index contributed by atoms with van der Waals surface area (Å²) in [7, 11) is 0. The van der Waals surface area contributed by atoms with Gasteiger partial charge in [0.2, 0.25) is 0 Å².